The van der Waals surface area contributed by atoms with Crippen molar-refractivity contribution in [3.05, 3.63) is 22.6 Å². The predicted molar refractivity (Wildman–Crippen MR) is 65.6 cm³/mol. The maximum atomic E-state index is 12.1. The first kappa shape index (κ1) is 14.0. The minimum Gasteiger partial charge on any atom is -0.467 e. The van der Waals surface area contributed by atoms with E-state index in [1.807, 2.05) is 0 Å². The number of carbonyl (C=O) groups excluding carboxylic acids is 2. The lowest BCUT2D eigenvalue weighted by molar-refractivity contribution is -0.389. The van der Waals surface area contributed by atoms with E-state index in [0.29, 0.717) is 13.0 Å². The monoisotopic (exact) mass is 282 g/mol. The zero-order valence-corrected chi connectivity index (χ0v) is 10.9. The van der Waals surface area contributed by atoms with Gasteiger partial charge in [0.1, 0.15) is 18.8 Å². The fraction of sp³-hybridized carbons (Fsp3) is 0.545. The number of ether oxygens (including phenoxy) is 1. The topological polar surface area (TPSA) is 108 Å². The number of esters is 1. The van der Waals surface area contributed by atoms with E-state index < -0.39 is 16.9 Å². The van der Waals surface area contributed by atoms with E-state index in [2.05, 4.69) is 9.72 Å². The number of aromatic nitrogens is 2. The highest BCUT2D eigenvalue weighted by Gasteiger charge is 2.34. The number of hydrogen-bond acceptors (Lipinski definition) is 6. The smallest absolute Gasteiger partial charge is 0.381 e. The van der Waals surface area contributed by atoms with Crippen molar-refractivity contribution >= 4 is 17.7 Å². The van der Waals surface area contributed by atoms with Crippen molar-refractivity contribution in [3.8, 4) is 0 Å². The second-order valence-electron chi connectivity index (χ2n) is 4.43. The summed E-state index contributed by atoms with van der Waals surface area (Å²) in [5, 5.41) is 10.5. The molecule has 2 rings (SSSR count). The van der Waals surface area contributed by atoms with Gasteiger partial charge in [0.2, 0.25) is 12.2 Å². The summed E-state index contributed by atoms with van der Waals surface area (Å²) in [5.41, 5.74) is 0. The molecule has 1 atom stereocenters. The van der Waals surface area contributed by atoms with Gasteiger partial charge < -0.3 is 24.3 Å². The number of methoxy groups -OCH3 is 1. The van der Waals surface area contributed by atoms with Crippen molar-refractivity contribution in [3.63, 3.8) is 0 Å². The lowest BCUT2D eigenvalue weighted by Gasteiger charge is -2.22. The average Bonchev–Trinajstić information content (AvgIpc) is 3.06. The Hall–Kier alpha value is -2.45. The molecule has 1 aliphatic heterocycles. The maximum Gasteiger partial charge on any atom is 0.381 e. The van der Waals surface area contributed by atoms with E-state index in [9.17, 15) is 19.7 Å². The maximum absolute atomic E-state index is 12.1. The van der Waals surface area contributed by atoms with Crippen molar-refractivity contribution in [2.75, 3.05) is 13.7 Å². The number of hydrogen-bond donors (Lipinski definition) is 0. The minimum atomic E-state index is -0.631. The van der Waals surface area contributed by atoms with Gasteiger partial charge in [-0.25, -0.2) is 4.79 Å². The van der Waals surface area contributed by atoms with E-state index in [-0.39, 0.29) is 18.3 Å². The number of imidazole rings is 1. The Morgan fingerprint density at radius 3 is 2.95 bits per heavy atom. The van der Waals surface area contributed by atoms with Crippen LogP contribution in [-0.4, -0.2) is 50.9 Å². The number of carbonyl (C=O) groups is 2. The highest BCUT2D eigenvalue weighted by molar-refractivity contribution is 5.85. The summed E-state index contributed by atoms with van der Waals surface area (Å²) < 4.78 is 5.99. The lowest BCUT2D eigenvalue weighted by atomic mass is 10.2. The number of nitrogens with zero attached hydrogens (tertiary/aromatic N) is 4. The van der Waals surface area contributed by atoms with Crippen LogP contribution in [0, 0.1) is 10.1 Å². The molecule has 2 heterocycles. The number of amides is 1. The molecule has 0 bridgehead atoms. The van der Waals surface area contributed by atoms with Gasteiger partial charge in [-0.15, -0.1) is 0 Å². The summed E-state index contributed by atoms with van der Waals surface area (Å²) in [6.45, 7) is 0.393. The Balaban J connectivity index is 2.03. The van der Waals surface area contributed by atoms with Gasteiger partial charge in [-0.2, -0.15) is 0 Å². The summed E-state index contributed by atoms with van der Waals surface area (Å²) >= 11 is 0. The molecule has 0 saturated carbocycles. The second-order valence-corrected chi connectivity index (χ2v) is 4.43. The normalized spacial score (nSPS) is 18.1. The Bertz CT molecular complexity index is 541. The van der Waals surface area contributed by atoms with Crippen LogP contribution >= 0.6 is 0 Å². The third-order valence-corrected chi connectivity index (χ3v) is 3.17. The van der Waals surface area contributed by atoms with E-state index >= 15 is 0 Å². The highest BCUT2D eigenvalue weighted by Crippen LogP contribution is 2.19. The molecule has 9 heteroatoms. The molecular weight excluding hydrogens is 268 g/mol. The molecule has 1 amide bonds. The molecule has 1 aliphatic rings. The van der Waals surface area contributed by atoms with E-state index in [0.717, 1.165) is 6.42 Å². The Labute approximate surface area is 114 Å². The quantitative estimate of drug-likeness (QED) is 0.435. The summed E-state index contributed by atoms with van der Waals surface area (Å²) in [7, 11) is 1.28. The SMILES string of the molecule is COC(=O)C1CCCN1C(=O)Cn1cnc([N+](=O)[O-])c1. The summed E-state index contributed by atoms with van der Waals surface area (Å²) in [6, 6.07) is -0.564. The molecule has 20 heavy (non-hydrogen) atoms. The molecule has 1 fully saturated rings. The first-order chi connectivity index (χ1) is 9.52. The standard InChI is InChI=1S/C11H14N4O5/c1-20-11(17)8-3-2-4-14(8)10(16)6-13-5-9(12-7-13)15(18)19/h5,7-8H,2-4,6H2,1H3. The number of rotatable bonds is 4. The van der Waals surface area contributed by atoms with Crippen LogP contribution < -0.4 is 0 Å². The minimum absolute atomic E-state index is 0.0890. The molecule has 108 valence electrons. The first-order valence-corrected chi connectivity index (χ1v) is 6.06. The zero-order valence-electron chi connectivity index (χ0n) is 10.9. The Kier molecular flexibility index (Phi) is 3.97. The Morgan fingerprint density at radius 1 is 1.60 bits per heavy atom. The molecule has 1 saturated heterocycles. The van der Waals surface area contributed by atoms with E-state index in [1.165, 1.54) is 29.1 Å². The molecule has 1 aromatic heterocycles. The third-order valence-electron chi connectivity index (χ3n) is 3.17. The van der Waals surface area contributed by atoms with Crippen LogP contribution in [0.1, 0.15) is 12.8 Å². The number of nitro groups is 1. The fourth-order valence-corrected chi connectivity index (χ4v) is 2.22. The van der Waals surface area contributed by atoms with E-state index in [1.54, 1.807) is 0 Å². The molecular formula is C11H14N4O5. The van der Waals surface area contributed by atoms with Crippen LogP contribution in [0.2, 0.25) is 0 Å². The van der Waals surface area contributed by atoms with Crippen LogP contribution in [-0.2, 0) is 20.9 Å². The van der Waals surface area contributed by atoms with Crippen LogP contribution in [0.25, 0.3) is 0 Å². The predicted octanol–water partition coefficient (Wildman–Crippen LogP) is -0.0447. The van der Waals surface area contributed by atoms with Crippen molar-refractivity contribution in [1.29, 1.82) is 0 Å². The Morgan fingerprint density at radius 2 is 2.35 bits per heavy atom. The largest absolute Gasteiger partial charge is 0.467 e. The second kappa shape index (κ2) is 5.68. The van der Waals surface area contributed by atoms with Gasteiger partial charge in [0.05, 0.1) is 7.11 Å². The molecule has 0 aromatic carbocycles. The zero-order chi connectivity index (χ0) is 14.7. The van der Waals surface area contributed by atoms with Gasteiger partial charge in [-0.3, -0.25) is 4.79 Å². The van der Waals surface area contributed by atoms with Crippen molar-refractivity contribution in [2.45, 2.75) is 25.4 Å². The van der Waals surface area contributed by atoms with Crippen molar-refractivity contribution < 1.29 is 19.2 Å². The van der Waals surface area contributed by atoms with Crippen LogP contribution in [0.3, 0.4) is 0 Å². The van der Waals surface area contributed by atoms with Gasteiger partial charge in [-0.05, 0) is 22.7 Å². The van der Waals surface area contributed by atoms with Crippen molar-refractivity contribution in [2.24, 2.45) is 0 Å². The summed E-state index contributed by atoms with van der Waals surface area (Å²) in [6.07, 6.45) is 3.71. The van der Waals surface area contributed by atoms with Crippen LogP contribution in [0.4, 0.5) is 5.82 Å². The van der Waals surface area contributed by atoms with E-state index in [4.69, 9.17) is 0 Å². The average molecular weight is 282 g/mol. The van der Waals surface area contributed by atoms with Crippen LogP contribution in [0.15, 0.2) is 12.5 Å². The van der Waals surface area contributed by atoms with Gasteiger partial charge in [0.25, 0.3) is 0 Å². The summed E-state index contributed by atoms with van der Waals surface area (Å²) in [4.78, 5) is 38.6. The summed E-state index contributed by atoms with van der Waals surface area (Å²) in [5.74, 6) is -1.04. The van der Waals surface area contributed by atoms with Gasteiger partial charge in [-0.1, -0.05) is 0 Å². The van der Waals surface area contributed by atoms with Gasteiger partial charge in [0, 0.05) is 6.54 Å². The van der Waals surface area contributed by atoms with Crippen molar-refractivity contribution in [1.82, 2.24) is 14.5 Å². The molecule has 0 radical (unpaired) electrons. The molecule has 1 unspecified atom stereocenters. The number of likely N-dealkylation sites (tertiary alicyclic amines) is 1. The molecule has 9 nitrogen and oxygen atoms in total. The highest BCUT2D eigenvalue weighted by atomic mass is 16.6. The molecule has 0 spiro atoms. The third kappa shape index (κ3) is 2.76. The first-order valence-electron chi connectivity index (χ1n) is 6.06. The van der Waals surface area contributed by atoms with Crippen LogP contribution in [0.5, 0.6) is 0 Å². The fourth-order valence-electron chi connectivity index (χ4n) is 2.22. The van der Waals surface area contributed by atoms with Gasteiger partial charge >= 0.3 is 11.8 Å². The molecule has 1 aromatic rings. The lowest BCUT2D eigenvalue weighted by Crippen LogP contribution is -2.42. The molecule has 0 aliphatic carbocycles. The van der Waals surface area contributed by atoms with Gasteiger partial charge in [0.15, 0.2) is 0 Å². The molecule has 0 N–H and O–H groups in total.